The topological polar surface area (TPSA) is 67.4 Å². The minimum absolute atomic E-state index is 0.0883. The average Bonchev–Trinajstić information content (AvgIpc) is 2.54. The van der Waals surface area contributed by atoms with Gasteiger partial charge in [0.05, 0.1) is 5.69 Å². The fourth-order valence-corrected chi connectivity index (χ4v) is 2.10. The number of ether oxygens (including phenoxy) is 1. The van der Waals surface area contributed by atoms with E-state index in [2.05, 4.69) is 10.6 Å². The molecule has 0 saturated carbocycles. The summed E-state index contributed by atoms with van der Waals surface area (Å²) in [6.45, 7) is 1.32. The molecule has 0 aliphatic carbocycles. The second-order valence-electron chi connectivity index (χ2n) is 4.71. The largest absolute Gasteiger partial charge is 0.484 e. The van der Waals surface area contributed by atoms with E-state index >= 15 is 0 Å². The molecule has 6 heteroatoms. The van der Waals surface area contributed by atoms with Gasteiger partial charge in [0.15, 0.2) is 17.5 Å². The van der Waals surface area contributed by atoms with Crippen LogP contribution in [0, 0.1) is 0 Å². The van der Waals surface area contributed by atoms with Crippen molar-refractivity contribution in [3.63, 3.8) is 0 Å². The predicted octanol–water partition coefficient (Wildman–Crippen LogP) is 2.78. The average molecular weight is 328 g/mol. The number of para-hydroxylation sites is 2. The van der Waals surface area contributed by atoms with Crippen LogP contribution in [0.15, 0.2) is 54.6 Å². The van der Waals surface area contributed by atoms with Crippen molar-refractivity contribution >= 4 is 34.7 Å². The lowest BCUT2D eigenvalue weighted by molar-refractivity contribution is -0.121. The SMILES string of the molecule is CC(=O)c1ccccc1NC(=S)NC(=O)COc1ccccc1. The molecule has 2 aromatic carbocycles. The summed E-state index contributed by atoms with van der Waals surface area (Å²) in [6.07, 6.45) is 0. The Kier molecular flexibility index (Phi) is 5.82. The van der Waals surface area contributed by atoms with Gasteiger partial charge in [0.2, 0.25) is 0 Å². The molecule has 0 atom stereocenters. The van der Waals surface area contributed by atoms with Gasteiger partial charge in [-0.2, -0.15) is 0 Å². The number of ketones is 1. The van der Waals surface area contributed by atoms with Gasteiger partial charge in [0, 0.05) is 5.56 Å². The minimum atomic E-state index is -0.383. The van der Waals surface area contributed by atoms with E-state index in [1.807, 2.05) is 18.2 Å². The van der Waals surface area contributed by atoms with E-state index < -0.39 is 0 Å². The molecule has 0 fully saturated rings. The van der Waals surface area contributed by atoms with Crippen molar-refractivity contribution in [1.82, 2.24) is 5.32 Å². The Morgan fingerprint density at radius 1 is 1.04 bits per heavy atom. The number of Topliss-reactive ketones (excluding diaryl/α,β-unsaturated/α-hetero) is 1. The third-order valence-electron chi connectivity index (χ3n) is 2.92. The third kappa shape index (κ3) is 5.19. The number of carbonyl (C=O) groups excluding carboxylic acids is 2. The first kappa shape index (κ1) is 16.6. The molecule has 118 valence electrons. The highest BCUT2D eigenvalue weighted by molar-refractivity contribution is 7.80. The van der Waals surface area contributed by atoms with Crippen molar-refractivity contribution in [2.45, 2.75) is 6.92 Å². The Balaban J connectivity index is 1.87. The van der Waals surface area contributed by atoms with Crippen molar-refractivity contribution in [2.24, 2.45) is 0 Å². The van der Waals surface area contributed by atoms with Gasteiger partial charge in [-0.3, -0.25) is 14.9 Å². The monoisotopic (exact) mass is 328 g/mol. The van der Waals surface area contributed by atoms with Crippen LogP contribution in [0.1, 0.15) is 17.3 Å². The molecule has 0 spiro atoms. The van der Waals surface area contributed by atoms with Gasteiger partial charge in [0.1, 0.15) is 5.75 Å². The van der Waals surface area contributed by atoms with Crippen molar-refractivity contribution in [2.75, 3.05) is 11.9 Å². The van der Waals surface area contributed by atoms with Gasteiger partial charge in [-0.1, -0.05) is 30.3 Å². The van der Waals surface area contributed by atoms with E-state index in [0.29, 0.717) is 17.0 Å². The third-order valence-corrected chi connectivity index (χ3v) is 3.12. The van der Waals surface area contributed by atoms with Gasteiger partial charge in [0.25, 0.3) is 5.91 Å². The number of nitrogens with one attached hydrogen (secondary N) is 2. The molecule has 0 aliphatic heterocycles. The van der Waals surface area contributed by atoms with Crippen LogP contribution in [0.3, 0.4) is 0 Å². The number of carbonyl (C=O) groups is 2. The normalized spacial score (nSPS) is 9.78. The lowest BCUT2D eigenvalue weighted by atomic mass is 10.1. The molecule has 23 heavy (non-hydrogen) atoms. The van der Waals surface area contributed by atoms with Gasteiger partial charge in [-0.15, -0.1) is 0 Å². The standard InChI is InChI=1S/C17H16N2O3S/c1-12(20)14-9-5-6-10-15(14)18-17(23)19-16(21)11-22-13-7-3-2-4-8-13/h2-10H,11H2,1H3,(H2,18,19,21,23). The summed E-state index contributed by atoms with van der Waals surface area (Å²) in [5, 5.41) is 5.47. The molecule has 1 amide bonds. The Labute approximate surface area is 139 Å². The molecule has 2 rings (SSSR count). The zero-order valence-electron chi connectivity index (χ0n) is 12.5. The lowest BCUT2D eigenvalue weighted by Crippen LogP contribution is -2.37. The first-order valence-corrected chi connectivity index (χ1v) is 7.36. The summed E-state index contributed by atoms with van der Waals surface area (Å²) in [5.74, 6) is 0.129. The highest BCUT2D eigenvalue weighted by Crippen LogP contribution is 2.15. The molecular weight excluding hydrogens is 312 g/mol. The fourth-order valence-electron chi connectivity index (χ4n) is 1.88. The first-order valence-electron chi connectivity index (χ1n) is 6.95. The fraction of sp³-hybridized carbons (Fsp3) is 0.118. The van der Waals surface area contributed by atoms with E-state index in [-0.39, 0.29) is 23.4 Å². The molecule has 0 unspecified atom stereocenters. The summed E-state index contributed by atoms with van der Waals surface area (Å²) >= 11 is 5.08. The predicted molar refractivity (Wildman–Crippen MR) is 92.7 cm³/mol. The number of benzene rings is 2. The van der Waals surface area contributed by atoms with E-state index in [9.17, 15) is 9.59 Å². The number of anilines is 1. The number of hydrogen-bond acceptors (Lipinski definition) is 4. The van der Waals surface area contributed by atoms with E-state index in [0.717, 1.165) is 0 Å². The second kappa shape index (κ2) is 8.05. The minimum Gasteiger partial charge on any atom is -0.484 e. The lowest BCUT2D eigenvalue weighted by Gasteiger charge is -2.12. The molecule has 0 heterocycles. The smallest absolute Gasteiger partial charge is 0.264 e. The molecule has 2 aromatic rings. The Hall–Kier alpha value is -2.73. The van der Waals surface area contributed by atoms with Crippen molar-refractivity contribution in [3.8, 4) is 5.75 Å². The highest BCUT2D eigenvalue weighted by Gasteiger charge is 2.10. The maximum absolute atomic E-state index is 11.8. The van der Waals surface area contributed by atoms with Crippen LogP contribution in [0.5, 0.6) is 5.75 Å². The number of rotatable bonds is 5. The molecule has 0 bridgehead atoms. The summed E-state index contributed by atoms with van der Waals surface area (Å²) in [4.78, 5) is 23.3. The quantitative estimate of drug-likeness (QED) is 0.652. The highest BCUT2D eigenvalue weighted by atomic mass is 32.1. The molecule has 5 nitrogen and oxygen atoms in total. The van der Waals surface area contributed by atoms with Gasteiger partial charge in [-0.05, 0) is 43.4 Å². The maximum atomic E-state index is 11.8. The first-order chi connectivity index (χ1) is 11.1. The molecule has 0 radical (unpaired) electrons. The number of hydrogen-bond donors (Lipinski definition) is 2. The molecule has 0 aliphatic rings. The molecule has 0 aromatic heterocycles. The second-order valence-corrected chi connectivity index (χ2v) is 5.11. The van der Waals surface area contributed by atoms with Gasteiger partial charge < -0.3 is 10.1 Å². The summed E-state index contributed by atoms with van der Waals surface area (Å²) in [6, 6.07) is 16.0. The summed E-state index contributed by atoms with van der Waals surface area (Å²) in [5.41, 5.74) is 1.05. The van der Waals surface area contributed by atoms with Crippen LogP contribution in [-0.4, -0.2) is 23.4 Å². The Morgan fingerprint density at radius 3 is 2.39 bits per heavy atom. The van der Waals surface area contributed by atoms with Crippen molar-refractivity contribution < 1.29 is 14.3 Å². The van der Waals surface area contributed by atoms with Crippen LogP contribution in [0.4, 0.5) is 5.69 Å². The Bertz CT molecular complexity index is 717. The van der Waals surface area contributed by atoms with Gasteiger partial charge >= 0.3 is 0 Å². The zero-order valence-corrected chi connectivity index (χ0v) is 13.4. The van der Waals surface area contributed by atoms with Crippen LogP contribution in [0.2, 0.25) is 0 Å². The summed E-state index contributed by atoms with van der Waals surface area (Å²) < 4.78 is 5.33. The van der Waals surface area contributed by atoms with Crippen LogP contribution >= 0.6 is 12.2 Å². The van der Waals surface area contributed by atoms with Gasteiger partial charge in [-0.25, -0.2) is 0 Å². The molecular formula is C17H16N2O3S. The van der Waals surface area contributed by atoms with E-state index in [4.69, 9.17) is 17.0 Å². The Morgan fingerprint density at radius 2 is 1.70 bits per heavy atom. The van der Waals surface area contributed by atoms with E-state index in [1.165, 1.54) is 6.92 Å². The molecule has 0 saturated heterocycles. The van der Waals surface area contributed by atoms with Crippen molar-refractivity contribution in [1.29, 1.82) is 0 Å². The number of amides is 1. The van der Waals surface area contributed by atoms with Crippen LogP contribution in [0.25, 0.3) is 0 Å². The van der Waals surface area contributed by atoms with E-state index in [1.54, 1.807) is 36.4 Å². The van der Waals surface area contributed by atoms with Crippen LogP contribution < -0.4 is 15.4 Å². The van der Waals surface area contributed by atoms with Crippen LogP contribution in [-0.2, 0) is 4.79 Å². The molecule has 2 N–H and O–H groups in total. The maximum Gasteiger partial charge on any atom is 0.264 e. The van der Waals surface area contributed by atoms with Crippen molar-refractivity contribution in [3.05, 3.63) is 60.2 Å². The number of thiocarbonyl (C=S) groups is 1. The summed E-state index contributed by atoms with van der Waals surface area (Å²) in [7, 11) is 0. The zero-order chi connectivity index (χ0) is 16.7.